The third-order valence-corrected chi connectivity index (χ3v) is 6.36. The summed E-state index contributed by atoms with van der Waals surface area (Å²) in [6.45, 7) is 3.01. The highest BCUT2D eigenvalue weighted by Gasteiger charge is 2.20. The molecule has 0 bridgehead atoms. The Balaban J connectivity index is 0.00000342. The van der Waals surface area contributed by atoms with Gasteiger partial charge in [0.2, 0.25) is 0 Å². The molecule has 0 spiro atoms. The van der Waals surface area contributed by atoms with E-state index in [1.165, 1.54) is 18.4 Å². The van der Waals surface area contributed by atoms with Crippen LogP contribution in [0.5, 0.6) is 5.75 Å². The van der Waals surface area contributed by atoms with Gasteiger partial charge in [-0.05, 0) is 92.2 Å². The third kappa shape index (κ3) is 7.74. The zero-order chi connectivity index (χ0) is 23.8. The number of halogens is 1. The molecule has 7 heteroatoms. The summed E-state index contributed by atoms with van der Waals surface area (Å²) in [5.74, 6) is 0.907. The van der Waals surface area contributed by atoms with Crippen molar-refractivity contribution < 1.29 is 9.90 Å². The van der Waals surface area contributed by atoms with Crippen molar-refractivity contribution in [3.63, 3.8) is 0 Å². The Morgan fingerprint density at radius 2 is 1.77 bits per heavy atom. The molecule has 1 aliphatic heterocycles. The fraction of sp³-hybridized carbons (Fsp3) is 0.286. The standard InChI is InChI=1S/C28H30N4O2.ClH/c29-20-23-7-4-8-25(18-23)30-28(34)31-27-10-9-26(33)19-24(27)13-16-32-14-11-22(12-15-32)17-21-5-2-1-3-6-21;/h1-10,18-19,22,33H,11-17H2,(H2,30,31,34);1H. The van der Waals surface area contributed by atoms with Crippen molar-refractivity contribution >= 4 is 29.8 Å². The number of hydrogen-bond acceptors (Lipinski definition) is 4. The van der Waals surface area contributed by atoms with Gasteiger partial charge >= 0.3 is 6.03 Å². The highest BCUT2D eigenvalue weighted by molar-refractivity contribution is 6.00. The van der Waals surface area contributed by atoms with Crippen LogP contribution in [-0.4, -0.2) is 35.7 Å². The first-order chi connectivity index (χ1) is 16.6. The lowest BCUT2D eigenvalue weighted by molar-refractivity contribution is 0.186. The summed E-state index contributed by atoms with van der Waals surface area (Å²) in [5.41, 5.74) is 4.01. The first-order valence-electron chi connectivity index (χ1n) is 11.8. The van der Waals surface area contributed by atoms with Gasteiger partial charge in [-0.25, -0.2) is 4.79 Å². The van der Waals surface area contributed by atoms with Crippen molar-refractivity contribution in [1.82, 2.24) is 4.90 Å². The minimum atomic E-state index is -0.385. The van der Waals surface area contributed by atoms with E-state index in [1.54, 1.807) is 42.5 Å². The number of hydrogen-bond donors (Lipinski definition) is 3. The van der Waals surface area contributed by atoms with E-state index >= 15 is 0 Å². The van der Waals surface area contributed by atoms with Gasteiger partial charge in [0, 0.05) is 17.9 Å². The van der Waals surface area contributed by atoms with Gasteiger partial charge in [-0.1, -0.05) is 36.4 Å². The number of amides is 2. The first kappa shape index (κ1) is 26.1. The number of likely N-dealkylation sites (tertiary alicyclic amines) is 1. The number of phenols is 1. The van der Waals surface area contributed by atoms with Gasteiger partial charge in [0.05, 0.1) is 11.6 Å². The van der Waals surface area contributed by atoms with Gasteiger partial charge in [0.25, 0.3) is 0 Å². The Morgan fingerprint density at radius 3 is 2.51 bits per heavy atom. The molecule has 0 atom stereocenters. The van der Waals surface area contributed by atoms with Crippen LogP contribution in [0.3, 0.4) is 0 Å². The van der Waals surface area contributed by atoms with E-state index in [9.17, 15) is 9.90 Å². The molecule has 1 fully saturated rings. The molecule has 2 amide bonds. The number of nitriles is 1. The van der Waals surface area contributed by atoms with E-state index in [2.05, 4.69) is 51.9 Å². The van der Waals surface area contributed by atoms with Crippen LogP contribution in [0.2, 0.25) is 0 Å². The lowest BCUT2D eigenvalue weighted by atomic mass is 9.90. The highest BCUT2D eigenvalue weighted by Crippen LogP contribution is 2.25. The Hall–Kier alpha value is -3.53. The third-order valence-electron chi connectivity index (χ3n) is 6.36. The molecule has 3 N–H and O–H groups in total. The predicted molar refractivity (Wildman–Crippen MR) is 142 cm³/mol. The maximum Gasteiger partial charge on any atom is 0.323 e. The number of benzene rings is 3. The van der Waals surface area contributed by atoms with Crippen LogP contribution < -0.4 is 10.6 Å². The summed E-state index contributed by atoms with van der Waals surface area (Å²) in [4.78, 5) is 15.0. The second-order valence-electron chi connectivity index (χ2n) is 8.84. The molecule has 0 unspecified atom stereocenters. The topological polar surface area (TPSA) is 88.4 Å². The average molecular weight is 491 g/mol. The van der Waals surface area contributed by atoms with Gasteiger partial charge in [0.15, 0.2) is 0 Å². The average Bonchev–Trinajstić information content (AvgIpc) is 2.86. The highest BCUT2D eigenvalue weighted by atomic mass is 35.5. The van der Waals surface area contributed by atoms with Crippen molar-refractivity contribution in [1.29, 1.82) is 5.26 Å². The molecule has 3 aromatic carbocycles. The van der Waals surface area contributed by atoms with E-state index in [-0.39, 0.29) is 24.2 Å². The fourth-order valence-corrected chi connectivity index (χ4v) is 4.50. The summed E-state index contributed by atoms with van der Waals surface area (Å²) in [7, 11) is 0. The maximum absolute atomic E-state index is 12.5. The largest absolute Gasteiger partial charge is 0.508 e. The number of carbonyl (C=O) groups is 1. The lowest BCUT2D eigenvalue weighted by Gasteiger charge is -2.32. The minimum Gasteiger partial charge on any atom is -0.508 e. The number of piperidine rings is 1. The van der Waals surface area contributed by atoms with Crippen molar-refractivity contribution in [3.05, 3.63) is 89.5 Å². The minimum absolute atomic E-state index is 0. The van der Waals surface area contributed by atoms with E-state index in [1.807, 2.05) is 0 Å². The Labute approximate surface area is 213 Å². The molecule has 4 rings (SSSR count). The number of aromatic hydroxyl groups is 1. The number of phenolic OH excluding ortho intramolecular Hbond substituents is 1. The second kappa shape index (κ2) is 12.8. The number of nitrogens with zero attached hydrogens (tertiary/aromatic N) is 2. The molecule has 3 aromatic rings. The molecular formula is C28H31ClN4O2. The maximum atomic E-state index is 12.5. The van der Waals surface area contributed by atoms with Crippen LogP contribution in [-0.2, 0) is 12.8 Å². The van der Waals surface area contributed by atoms with Gasteiger partial charge in [-0.3, -0.25) is 0 Å². The van der Waals surface area contributed by atoms with Crippen molar-refractivity contribution in [2.75, 3.05) is 30.3 Å². The van der Waals surface area contributed by atoms with Gasteiger partial charge in [0.1, 0.15) is 5.75 Å². The quantitative estimate of drug-likeness (QED) is 0.364. The zero-order valence-corrected chi connectivity index (χ0v) is 20.4. The predicted octanol–water partition coefficient (Wildman–Crippen LogP) is 5.83. The lowest BCUT2D eigenvalue weighted by Crippen LogP contribution is -2.35. The molecule has 0 aromatic heterocycles. The van der Waals surface area contributed by atoms with Crippen LogP contribution >= 0.6 is 12.4 Å². The fourth-order valence-electron chi connectivity index (χ4n) is 4.50. The number of carbonyl (C=O) groups excluding carboxylic acids is 1. The number of rotatable bonds is 7. The molecule has 6 nitrogen and oxygen atoms in total. The first-order valence-corrected chi connectivity index (χ1v) is 11.8. The summed E-state index contributed by atoms with van der Waals surface area (Å²) in [6, 6.07) is 24.2. The number of nitrogens with one attached hydrogen (secondary N) is 2. The molecular weight excluding hydrogens is 460 g/mol. The normalized spacial score (nSPS) is 13.9. The zero-order valence-electron chi connectivity index (χ0n) is 19.6. The molecule has 1 saturated heterocycles. The van der Waals surface area contributed by atoms with Crippen LogP contribution in [0.1, 0.15) is 29.5 Å². The van der Waals surface area contributed by atoms with Crippen LogP contribution in [0.15, 0.2) is 72.8 Å². The molecule has 35 heavy (non-hydrogen) atoms. The molecule has 1 heterocycles. The Kier molecular flexibility index (Phi) is 9.54. The van der Waals surface area contributed by atoms with Crippen molar-refractivity contribution in [3.8, 4) is 11.8 Å². The van der Waals surface area contributed by atoms with Gasteiger partial charge in [-0.15, -0.1) is 12.4 Å². The van der Waals surface area contributed by atoms with E-state index in [0.29, 0.717) is 16.9 Å². The molecule has 0 saturated carbocycles. The Bertz CT molecular complexity index is 1160. The molecule has 182 valence electrons. The summed E-state index contributed by atoms with van der Waals surface area (Å²) in [6.07, 6.45) is 4.24. The number of urea groups is 1. The molecule has 0 aliphatic carbocycles. The SMILES string of the molecule is Cl.N#Cc1cccc(NC(=O)Nc2ccc(O)cc2CCN2CCC(Cc3ccccc3)CC2)c1. The van der Waals surface area contributed by atoms with E-state index < -0.39 is 0 Å². The summed E-state index contributed by atoms with van der Waals surface area (Å²) in [5, 5.41) is 24.7. The van der Waals surface area contributed by atoms with Gasteiger partial charge in [-0.2, -0.15) is 5.26 Å². The smallest absolute Gasteiger partial charge is 0.323 e. The second-order valence-corrected chi connectivity index (χ2v) is 8.84. The molecule has 0 radical (unpaired) electrons. The van der Waals surface area contributed by atoms with E-state index in [0.717, 1.165) is 44.0 Å². The number of anilines is 2. The summed E-state index contributed by atoms with van der Waals surface area (Å²) < 4.78 is 0. The van der Waals surface area contributed by atoms with Crippen LogP contribution in [0.25, 0.3) is 0 Å². The van der Waals surface area contributed by atoms with Crippen LogP contribution in [0, 0.1) is 17.2 Å². The van der Waals surface area contributed by atoms with E-state index in [4.69, 9.17) is 5.26 Å². The monoisotopic (exact) mass is 490 g/mol. The van der Waals surface area contributed by atoms with Gasteiger partial charge < -0.3 is 20.6 Å². The van der Waals surface area contributed by atoms with Crippen molar-refractivity contribution in [2.24, 2.45) is 5.92 Å². The molecule has 1 aliphatic rings. The van der Waals surface area contributed by atoms with Crippen LogP contribution in [0.4, 0.5) is 16.2 Å². The Morgan fingerprint density at radius 1 is 1.00 bits per heavy atom. The van der Waals surface area contributed by atoms with Crippen molar-refractivity contribution in [2.45, 2.75) is 25.7 Å². The summed E-state index contributed by atoms with van der Waals surface area (Å²) >= 11 is 0.